The quantitative estimate of drug-likeness (QED) is 0.832. The Bertz CT molecular complexity index is 443. The van der Waals surface area contributed by atoms with Gasteiger partial charge in [-0.1, -0.05) is 6.08 Å². The first-order valence-electron chi connectivity index (χ1n) is 5.44. The highest BCUT2D eigenvalue weighted by Crippen LogP contribution is 2.28. The summed E-state index contributed by atoms with van der Waals surface area (Å²) in [6.07, 6.45) is -2.42. The second-order valence-electron chi connectivity index (χ2n) is 3.69. The number of rotatable bonds is 5. The van der Waals surface area contributed by atoms with E-state index in [0.717, 1.165) is 12.1 Å². The highest BCUT2D eigenvalue weighted by atomic mass is 19.4. The lowest BCUT2D eigenvalue weighted by atomic mass is 10.2. The minimum absolute atomic E-state index is 0.0631. The van der Waals surface area contributed by atoms with Crippen LogP contribution >= 0.6 is 0 Å². The van der Waals surface area contributed by atoms with Gasteiger partial charge in [0.1, 0.15) is 5.69 Å². The minimum Gasteiger partial charge on any atom is -0.395 e. The Morgan fingerprint density at radius 2 is 2.16 bits per heavy atom. The molecular formula is C12H13F3N2O2. The van der Waals surface area contributed by atoms with E-state index in [2.05, 4.69) is 11.6 Å². The second-order valence-corrected chi connectivity index (χ2v) is 3.69. The van der Waals surface area contributed by atoms with Gasteiger partial charge in [-0.15, -0.1) is 6.58 Å². The van der Waals surface area contributed by atoms with Crippen LogP contribution in [0.1, 0.15) is 16.1 Å². The molecule has 1 N–H and O–H groups in total. The molecule has 0 aliphatic rings. The van der Waals surface area contributed by atoms with Crippen LogP contribution in [-0.2, 0) is 6.18 Å². The number of aromatic nitrogens is 1. The molecule has 0 saturated carbocycles. The lowest BCUT2D eigenvalue weighted by Crippen LogP contribution is -2.34. The number of halogens is 3. The van der Waals surface area contributed by atoms with Crippen molar-refractivity contribution in [1.82, 2.24) is 9.88 Å². The van der Waals surface area contributed by atoms with Crippen molar-refractivity contribution in [2.24, 2.45) is 0 Å². The monoisotopic (exact) mass is 274 g/mol. The van der Waals surface area contributed by atoms with E-state index in [9.17, 15) is 18.0 Å². The van der Waals surface area contributed by atoms with Crippen molar-refractivity contribution in [2.75, 3.05) is 19.7 Å². The highest BCUT2D eigenvalue weighted by molar-refractivity contribution is 5.92. The van der Waals surface area contributed by atoms with Crippen molar-refractivity contribution in [3.63, 3.8) is 0 Å². The van der Waals surface area contributed by atoms with Gasteiger partial charge < -0.3 is 10.0 Å². The maximum absolute atomic E-state index is 12.3. The molecule has 1 aromatic heterocycles. The zero-order valence-corrected chi connectivity index (χ0v) is 10.0. The normalized spacial score (nSPS) is 11.2. The third-order valence-electron chi connectivity index (χ3n) is 2.32. The predicted octanol–water partition coefficient (Wildman–Crippen LogP) is 1.72. The molecule has 4 nitrogen and oxygen atoms in total. The Morgan fingerprint density at radius 1 is 1.47 bits per heavy atom. The Hall–Kier alpha value is -1.89. The Kier molecular flexibility index (Phi) is 5.05. The average Bonchev–Trinajstić information content (AvgIpc) is 2.37. The molecule has 0 radical (unpaired) electrons. The lowest BCUT2D eigenvalue weighted by molar-refractivity contribution is -0.137. The van der Waals surface area contributed by atoms with Gasteiger partial charge in [0.15, 0.2) is 0 Å². The van der Waals surface area contributed by atoms with E-state index in [1.165, 1.54) is 11.0 Å². The summed E-state index contributed by atoms with van der Waals surface area (Å²) in [4.78, 5) is 16.7. The molecule has 0 atom stereocenters. The van der Waals surface area contributed by atoms with Crippen molar-refractivity contribution >= 4 is 5.91 Å². The van der Waals surface area contributed by atoms with Gasteiger partial charge in [-0.2, -0.15) is 13.2 Å². The molecule has 0 bridgehead atoms. The van der Waals surface area contributed by atoms with Crippen LogP contribution in [0.15, 0.2) is 31.0 Å². The Balaban J connectivity index is 2.90. The maximum atomic E-state index is 12.3. The number of carbonyl (C=O) groups excluding carboxylic acids is 1. The van der Waals surface area contributed by atoms with Crippen LogP contribution in [0.25, 0.3) is 0 Å². The van der Waals surface area contributed by atoms with Crippen LogP contribution in [0.5, 0.6) is 0 Å². The zero-order valence-electron chi connectivity index (χ0n) is 10.0. The number of pyridine rings is 1. The van der Waals surface area contributed by atoms with Crippen LogP contribution in [0.2, 0.25) is 0 Å². The number of nitrogens with zero attached hydrogens (tertiary/aromatic N) is 2. The average molecular weight is 274 g/mol. The number of aliphatic hydroxyl groups is 1. The van der Waals surface area contributed by atoms with Gasteiger partial charge in [0.2, 0.25) is 0 Å². The SMILES string of the molecule is C=CCN(CCO)C(=O)c1ccc(C(F)(F)F)cn1. The molecule has 0 fully saturated rings. The van der Waals surface area contributed by atoms with E-state index in [4.69, 9.17) is 5.11 Å². The fourth-order valence-corrected chi connectivity index (χ4v) is 1.40. The minimum atomic E-state index is -4.49. The fourth-order valence-electron chi connectivity index (χ4n) is 1.40. The third-order valence-corrected chi connectivity index (χ3v) is 2.32. The summed E-state index contributed by atoms with van der Waals surface area (Å²) in [7, 11) is 0. The van der Waals surface area contributed by atoms with Gasteiger partial charge in [0.05, 0.1) is 12.2 Å². The summed E-state index contributed by atoms with van der Waals surface area (Å²) in [6.45, 7) is 3.46. The Morgan fingerprint density at radius 3 is 2.58 bits per heavy atom. The molecule has 19 heavy (non-hydrogen) atoms. The van der Waals surface area contributed by atoms with Crippen molar-refractivity contribution in [3.05, 3.63) is 42.2 Å². The van der Waals surface area contributed by atoms with Crippen LogP contribution in [0, 0.1) is 0 Å². The molecule has 1 rings (SSSR count). The largest absolute Gasteiger partial charge is 0.417 e. The highest BCUT2D eigenvalue weighted by Gasteiger charge is 2.31. The topological polar surface area (TPSA) is 53.4 Å². The summed E-state index contributed by atoms with van der Waals surface area (Å²) in [5.74, 6) is -0.553. The smallest absolute Gasteiger partial charge is 0.395 e. The molecule has 0 aliphatic heterocycles. The van der Waals surface area contributed by atoms with Crippen molar-refractivity contribution in [3.8, 4) is 0 Å². The standard InChI is InChI=1S/C12H13F3N2O2/c1-2-5-17(6-7-18)11(19)10-4-3-9(8-16-10)12(13,14)15/h2-4,8,18H,1,5-7H2. The number of carbonyl (C=O) groups is 1. The van der Waals surface area contributed by atoms with Gasteiger partial charge in [0, 0.05) is 19.3 Å². The fraction of sp³-hybridized carbons (Fsp3) is 0.333. The van der Waals surface area contributed by atoms with E-state index in [1.54, 1.807) is 0 Å². The molecule has 0 saturated heterocycles. The third kappa shape index (κ3) is 4.06. The number of hydrogen-bond donors (Lipinski definition) is 1. The van der Waals surface area contributed by atoms with Crippen LogP contribution in [-0.4, -0.2) is 40.6 Å². The van der Waals surface area contributed by atoms with Gasteiger partial charge in [-0.05, 0) is 12.1 Å². The van der Waals surface area contributed by atoms with Gasteiger partial charge in [0.25, 0.3) is 5.91 Å². The predicted molar refractivity (Wildman–Crippen MR) is 62.4 cm³/mol. The summed E-state index contributed by atoms with van der Waals surface area (Å²) in [5, 5.41) is 8.81. The van der Waals surface area contributed by atoms with Crippen LogP contribution in [0.4, 0.5) is 13.2 Å². The molecule has 1 aromatic rings. The maximum Gasteiger partial charge on any atom is 0.417 e. The summed E-state index contributed by atoms with van der Waals surface area (Å²) < 4.78 is 37.0. The molecule has 1 heterocycles. The molecule has 104 valence electrons. The number of alkyl halides is 3. The zero-order chi connectivity index (χ0) is 14.5. The summed E-state index contributed by atoms with van der Waals surface area (Å²) >= 11 is 0. The first kappa shape index (κ1) is 15.2. The molecule has 0 aliphatic carbocycles. The Labute approximate surface area is 108 Å². The van der Waals surface area contributed by atoms with Gasteiger partial charge in [-0.3, -0.25) is 9.78 Å². The van der Waals surface area contributed by atoms with E-state index in [1.807, 2.05) is 0 Å². The first-order chi connectivity index (χ1) is 8.90. The van der Waals surface area contributed by atoms with Crippen LogP contribution in [0.3, 0.4) is 0 Å². The van der Waals surface area contributed by atoms with E-state index in [-0.39, 0.29) is 25.4 Å². The molecule has 0 aromatic carbocycles. The van der Waals surface area contributed by atoms with E-state index in [0.29, 0.717) is 6.20 Å². The first-order valence-corrected chi connectivity index (χ1v) is 5.44. The van der Waals surface area contributed by atoms with Crippen molar-refractivity contribution in [2.45, 2.75) is 6.18 Å². The van der Waals surface area contributed by atoms with E-state index < -0.39 is 17.6 Å². The lowest BCUT2D eigenvalue weighted by Gasteiger charge is -2.19. The summed E-state index contributed by atoms with van der Waals surface area (Å²) in [5.41, 5.74) is -1.02. The van der Waals surface area contributed by atoms with Crippen LogP contribution < -0.4 is 0 Å². The van der Waals surface area contributed by atoms with Crippen molar-refractivity contribution in [1.29, 1.82) is 0 Å². The summed E-state index contributed by atoms with van der Waals surface area (Å²) in [6, 6.07) is 1.81. The number of amides is 1. The van der Waals surface area contributed by atoms with Gasteiger partial charge >= 0.3 is 6.18 Å². The number of aliphatic hydroxyl groups excluding tert-OH is 1. The molecular weight excluding hydrogens is 261 g/mol. The van der Waals surface area contributed by atoms with Gasteiger partial charge in [-0.25, -0.2) is 0 Å². The molecule has 7 heteroatoms. The molecule has 1 amide bonds. The molecule has 0 unspecified atom stereocenters. The second kappa shape index (κ2) is 6.33. The molecule has 0 spiro atoms. The number of hydrogen-bond acceptors (Lipinski definition) is 3. The van der Waals surface area contributed by atoms with E-state index >= 15 is 0 Å². The van der Waals surface area contributed by atoms with Crippen molar-refractivity contribution < 1.29 is 23.1 Å².